The standard InChI is InChI=1S/C78H66BN3/c1-75(2,3)47-27-31-51-43(37-47)25-35-63-65(51)67-53-33-29-49(77(7,8)9)39-45(53)41-59-72(67)81(63)70-57-21-13-14-22-58(57)71(80-61-23-17-15-19-55(61)56-20-16-18-24-62(56)80)74-69(70)79(59)60-42-46-40-50(78(10,11)12)30-34-54(46)68-66-52-32-28-48(76(4,5)6)38-44(52)26-36-64(66)82(74)73(60)68/h13-42H,1-12H3. The molecular weight excluding hydrogens is 990 g/mol. The van der Waals surface area contributed by atoms with Crippen molar-refractivity contribution < 1.29 is 0 Å². The van der Waals surface area contributed by atoms with Gasteiger partial charge in [0, 0.05) is 43.1 Å². The zero-order valence-electron chi connectivity index (χ0n) is 49.2. The van der Waals surface area contributed by atoms with Crippen molar-refractivity contribution in [3.8, 4) is 17.1 Å². The van der Waals surface area contributed by atoms with Crippen LogP contribution in [0.3, 0.4) is 0 Å². The lowest BCUT2D eigenvalue weighted by atomic mass is 9.33. The molecule has 5 heterocycles. The Morgan fingerprint density at radius 2 is 0.622 bits per heavy atom. The molecule has 0 fully saturated rings. The minimum atomic E-state index is -0.136. The van der Waals surface area contributed by atoms with Gasteiger partial charge in [-0.2, -0.15) is 0 Å². The third-order valence-electron chi connectivity index (χ3n) is 19.5. The highest BCUT2D eigenvalue weighted by Crippen LogP contribution is 2.51. The van der Waals surface area contributed by atoms with Gasteiger partial charge in [-0.15, -0.1) is 0 Å². The smallest absolute Gasteiger partial charge is 0.252 e. The zero-order chi connectivity index (χ0) is 56.0. The number of rotatable bonds is 1. The van der Waals surface area contributed by atoms with Gasteiger partial charge in [0.2, 0.25) is 0 Å². The molecule has 0 unspecified atom stereocenters. The Kier molecular flexibility index (Phi) is 9.21. The van der Waals surface area contributed by atoms with Crippen LogP contribution in [0.4, 0.5) is 0 Å². The van der Waals surface area contributed by atoms with Crippen molar-refractivity contribution in [3.05, 3.63) is 204 Å². The lowest BCUT2D eigenvalue weighted by Crippen LogP contribution is -2.59. The van der Waals surface area contributed by atoms with Crippen LogP contribution in [0.5, 0.6) is 0 Å². The molecular formula is C78H66BN3. The van der Waals surface area contributed by atoms with Crippen molar-refractivity contribution in [2.24, 2.45) is 0 Å². The van der Waals surface area contributed by atoms with E-state index < -0.39 is 0 Å². The zero-order valence-corrected chi connectivity index (χ0v) is 49.2. The minimum Gasteiger partial charge on any atom is -0.310 e. The minimum absolute atomic E-state index is 0.000559. The second-order valence-electron chi connectivity index (χ2n) is 28.5. The molecule has 15 aromatic rings. The second kappa shape index (κ2) is 15.7. The van der Waals surface area contributed by atoms with Gasteiger partial charge in [0.1, 0.15) is 0 Å². The molecule has 0 aliphatic carbocycles. The molecule has 0 amide bonds. The first-order valence-corrected chi connectivity index (χ1v) is 29.8. The Morgan fingerprint density at radius 1 is 0.268 bits per heavy atom. The highest BCUT2D eigenvalue weighted by Gasteiger charge is 2.45. The number of benzene rings is 12. The van der Waals surface area contributed by atoms with Crippen molar-refractivity contribution in [2.75, 3.05) is 0 Å². The van der Waals surface area contributed by atoms with Gasteiger partial charge in [-0.05, 0) is 128 Å². The van der Waals surface area contributed by atoms with E-state index >= 15 is 0 Å². The molecule has 2 aliphatic rings. The van der Waals surface area contributed by atoms with Gasteiger partial charge in [-0.1, -0.05) is 241 Å². The quantitative estimate of drug-likeness (QED) is 0.146. The van der Waals surface area contributed by atoms with Crippen molar-refractivity contribution in [3.63, 3.8) is 0 Å². The third-order valence-corrected chi connectivity index (χ3v) is 19.5. The summed E-state index contributed by atoms with van der Waals surface area (Å²) in [5, 5.41) is 20.7. The molecule has 3 nitrogen and oxygen atoms in total. The Morgan fingerprint density at radius 3 is 1.04 bits per heavy atom. The van der Waals surface area contributed by atoms with Gasteiger partial charge in [0.25, 0.3) is 6.71 Å². The van der Waals surface area contributed by atoms with E-state index in [-0.39, 0.29) is 28.4 Å². The summed E-state index contributed by atoms with van der Waals surface area (Å²) in [5.41, 5.74) is 20.7. The normalized spacial score (nSPS) is 13.8. The van der Waals surface area contributed by atoms with E-state index in [0.29, 0.717) is 0 Å². The highest BCUT2D eigenvalue weighted by molar-refractivity contribution is 7.01. The predicted octanol–water partition coefficient (Wildman–Crippen LogP) is 19.1. The first-order chi connectivity index (χ1) is 39.2. The fraction of sp³-hybridized carbons (Fsp3) is 0.205. The number of hydrogen-bond donors (Lipinski definition) is 0. The topological polar surface area (TPSA) is 14.8 Å². The first-order valence-electron chi connectivity index (χ1n) is 29.8. The summed E-state index contributed by atoms with van der Waals surface area (Å²) < 4.78 is 8.16. The molecule has 0 atom stereocenters. The SMILES string of the molecule is CC(C)(C)c1ccc2c(ccc3c2c2c4ccc(C(C)(C)C)cc4cc4c2n3-c2c3c(c5ccccc5c2-n2c5ccccc5c5ccccc52)-n2c5ccc6cc(C(C)(C)C)ccc6c5c5c6ccc(C(C)(C)C)cc6cc(c52)B34)c1. The fourth-order valence-electron chi connectivity index (χ4n) is 15.4. The maximum atomic E-state index is 2.77. The molecule has 0 bridgehead atoms. The Labute approximate surface area is 479 Å². The summed E-state index contributed by atoms with van der Waals surface area (Å²) in [4.78, 5) is 0. The van der Waals surface area contributed by atoms with E-state index in [9.17, 15) is 0 Å². The molecule has 0 N–H and O–H groups in total. The number of aromatic nitrogens is 3. The summed E-state index contributed by atoms with van der Waals surface area (Å²) in [6.45, 7) is 28.0. The van der Waals surface area contributed by atoms with Crippen LogP contribution in [0.2, 0.25) is 0 Å². The summed E-state index contributed by atoms with van der Waals surface area (Å²) in [5.74, 6) is 0. The van der Waals surface area contributed by atoms with E-state index in [1.54, 1.807) is 0 Å². The third kappa shape index (κ3) is 6.23. The highest BCUT2D eigenvalue weighted by atomic mass is 15.1. The number of fused-ring (bicyclic) bond motifs is 23. The molecule has 12 aromatic carbocycles. The molecule has 0 radical (unpaired) electrons. The average Bonchev–Trinajstić information content (AvgIpc) is 2.23. The predicted molar refractivity (Wildman–Crippen MR) is 356 cm³/mol. The van der Waals surface area contributed by atoms with Gasteiger partial charge in [0.15, 0.2) is 0 Å². The monoisotopic (exact) mass is 1060 g/mol. The molecule has 0 saturated heterocycles. The fourth-order valence-corrected chi connectivity index (χ4v) is 15.4. The van der Waals surface area contributed by atoms with Gasteiger partial charge in [-0.3, -0.25) is 0 Å². The van der Waals surface area contributed by atoms with Crippen LogP contribution >= 0.6 is 0 Å². The number of para-hydroxylation sites is 2. The maximum Gasteiger partial charge on any atom is 0.252 e. The van der Waals surface area contributed by atoms with Crippen LogP contribution in [0.1, 0.15) is 105 Å². The van der Waals surface area contributed by atoms with E-state index in [2.05, 4.69) is 279 Å². The largest absolute Gasteiger partial charge is 0.310 e. The van der Waals surface area contributed by atoms with E-state index in [1.165, 1.54) is 175 Å². The molecule has 3 aromatic heterocycles. The van der Waals surface area contributed by atoms with E-state index in [0.717, 1.165) is 0 Å². The van der Waals surface area contributed by atoms with Gasteiger partial charge < -0.3 is 13.7 Å². The Balaban J connectivity index is 1.17. The summed E-state index contributed by atoms with van der Waals surface area (Å²) in [6.07, 6.45) is 0. The Hall–Kier alpha value is -8.60. The van der Waals surface area contributed by atoms with Crippen molar-refractivity contribution in [2.45, 2.75) is 105 Å². The Bertz CT molecular complexity index is 5380. The summed E-state index contributed by atoms with van der Waals surface area (Å²) in [7, 11) is 0. The van der Waals surface area contributed by atoms with Crippen LogP contribution in [-0.2, 0) is 21.7 Å². The molecule has 0 spiro atoms. The lowest BCUT2D eigenvalue weighted by molar-refractivity contribution is 0.591. The van der Waals surface area contributed by atoms with E-state index in [1.807, 2.05) is 0 Å². The van der Waals surface area contributed by atoms with Crippen molar-refractivity contribution in [1.29, 1.82) is 0 Å². The van der Waals surface area contributed by atoms with Crippen LogP contribution in [0.15, 0.2) is 182 Å². The van der Waals surface area contributed by atoms with Gasteiger partial charge in [0.05, 0.1) is 50.2 Å². The average molecular weight is 1060 g/mol. The summed E-state index contributed by atoms with van der Waals surface area (Å²) >= 11 is 0. The molecule has 396 valence electrons. The molecule has 2 aliphatic heterocycles. The van der Waals surface area contributed by atoms with Crippen molar-refractivity contribution >= 4 is 142 Å². The van der Waals surface area contributed by atoms with Crippen LogP contribution in [-0.4, -0.2) is 20.4 Å². The first kappa shape index (κ1) is 48.1. The van der Waals surface area contributed by atoms with E-state index in [4.69, 9.17) is 0 Å². The lowest BCUT2D eigenvalue weighted by Gasteiger charge is -2.37. The van der Waals surface area contributed by atoms with Crippen LogP contribution < -0.4 is 16.4 Å². The summed E-state index contributed by atoms with van der Waals surface area (Å²) in [6, 6.07) is 72.1. The second-order valence-corrected chi connectivity index (χ2v) is 28.5. The van der Waals surface area contributed by atoms with Gasteiger partial charge in [-0.25, -0.2) is 0 Å². The van der Waals surface area contributed by atoms with Crippen LogP contribution in [0, 0.1) is 0 Å². The maximum absolute atomic E-state index is 2.77. The molecule has 82 heavy (non-hydrogen) atoms. The molecule has 4 heteroatoms. The molecule has 0 saturated carbocycles. The van der Waals surface area contributed by atoms with Crippen molar-refractivity contribution in [1.82, 2.24) is 13.7 Å². The van der Waals surface area contributed by atoms with Gasteiger partial charge >= 0.3 is 0 Å². The number of hydrogen-bond acceptors (Lipinski definition) is 0. The molecule has 17 rings (SSSR count). The number of nitrogens with zero attached hydrogens (tertiary/aromatic N) is 3. The van der Waals surface area contributed by atoms with Crippen LogP contribution in [0.25, 0.3) is 136 Å².